The normalized spacial score (nSPS) is 10.2. The van der Waals surface area contributed by atoms with Gasteiger partial charge in [0.25, 0.3) is 0 Å². The second-order valence-corrected chi connectivity index (χ2v) is 6.52. The molecule has 30 heavy (non-hydrogen) atoms. The molecule has 2 heterocycles. The molecule has 0 spiro atoms. The molecule has 0 saturated heterocycles. The fraction of sp³-hybridized carbons (Fsp3) is 0.217. The highest BCUT2D eigenvalue weighted by molar-refractivity contribution is 5.81. The summed E-state index contributed by atoms with van der Waals surface area (Å²) >= 11 is 0. The molecule has 2 aromatic heterocycles. The first-order valence-corrected chi connectivity index (χ1v) is 9.41. The summed E-state index contributed by atoms with van der Waals surface area (Å²) in [4.78, 5) is 8.47. The van der Waals surface area contributed by atoms with Gasteiger partial charge in [-0.2, -0.15) is 10.5 Å². The van der Waals surface area contributed by atoms with Crippen LogP contribution in [0.2, 0.25) is 0 Å². The highest BCUT2D eigenvalue weighted by atomic mass is 16.5. The van der Waals surface area contributed by atoms with E-state index in [9.17, 15) is 10.5 Å². The molecule has 3 rings (SSSR count). The summed E-state index contributed by atoms with van der Waals surface area (Å²) < 4.78 is 10.6. The highest BCUT2D eigenvalue weighted by Gasteiger charge is 2.20. The van der Waals surface area contributed by atoms with Crippen molar-refractivity contribution < 1.29 is 9.47 Å². The summed E-state index contributed by atoms with van der Waals surface area (Å²) in [5.74, 6) is 0.791. The Kier molecular flexibility index (Phi) is 6.94. The number of hydrogen-bond acceptors (Lipinski definition) is 7. The van der Waals surface area contributed by atoms with Crippen molar-refractivity contribution in [3.8, 4) is 29.0 Å². The number of benzene rings is 1. The molecule has 7 heteroatoms. The van der Waals surface area contributed by atoms with Gasteiger partial charge in [0, 0.05) is 25.1 Å². The Labute approximate surface area is 175 Å². The number of nitrogens with zero attached hydrogens (tertiary/aromatic N) is 4. The summed E-state index contributed by atoms with van der Waals surface area (Å²) in [7, 11) is 1.61. The van der Waals surface area contributed by atoms with Gasteiger partial charge in [-0.05, 0) is 42.2 Å². The topological polar surface area (TPSA) is 118 Å². The van der Waals surface area contributed by atoms with Crippen molar-refractivity contribution in [2.24, 2.45) is 0 Å². The van der Waals surface area contributed by atoms with E-state index < -0.39 is 0 Å². The molecule has 0 fully saturated rings. The number of nitrogens with two attached hydrogens (primary N) is 1. The number of rotatable bonds is 8. The minimum atomic E-state index is 0.119. The molecule has 0 amide bonds. The van der Waals surface area contributed by atoms with Crippen LogP contribution in [0.25, 0.3) is 11.1 Å². The SMILES string of the molecule is COCCOc1ccc(-c2c(C#N)c(N)nc(CCc3cccnc3)c2C#N)cc1. The molecule has 0 aliphatic heterocycles. The molecule has 1 aromatic carbocycles. The first-order chi connectivity index (χ1) is 14.7. The average molecular weight is 399 g/mol. The summed E-state index contributed by atoms with van der Waals surface area (Å²) in [6.45, 7) is 0.920. The molecule has 0 saturated carbocycles. The van der Waals surface area contributed by atoms with E-state index >= 15 is 0 Å². The molecule has 0 aliphatic carbocycles. The van der Waals surface area contributed by atoms with E-state index in [0.29, 0.717) is 54.2 Å². The van der Waals surface area contributed by atoms with E-state index in [2.05, 4.69) is 22.1 Å². The van der Waals surface area contributed by atoms with Gasteiger partial charge >= 0.3 is 0 Å². The molecule has 2 N–H and O–H groups in total. The quantitative estimate of drug-likeness (QED) is 0.577. The minimum absolute atomic E-state index is 0.119. The van der Waals surface area contributed by atoms with Gasteiger partial charge in [-0.1, -0.05) is 18.2 Å². The molecule has 3 aromatic rings. The second kappa shape index (κ2) is 10.0. The van der Waals surface area contributed by atoms with Crippen LogP contribution < -0.4 is 10.5 Å². The van der Waals surface area contributed by atoms with Crippen LogP contribution in [0.4, 0.5) is 5.82 Å². The lowest BCUT2D eigenvalue weighted by Crippen LogP contribution is -2.07. The third-order valence-corrected chi connectivity index (χ3v) is 4.60. The summed E-state index contributed by atoms with van der Waals surface area (Å²) in [6.07, 6.45) is 4.66. The van der Waals surface area contributed by atoms with Gasteiger partial charge in [-0.15, -0.1) is 0 Å². The van der Waals surface area contributed by atoms with E-state index in [1.807, 2.05) is 24.3 Å². The van der Waals surface area contributed by atoms with Gasteiger partial charge < -0.3 is 15.2 Å². The van der Waals surface area contributed by atoms with Crippen molar-refractivity contribution in [2.75, 3.05) is 26.1 Å². The maximum absolute atomic E-state index is 9.88. The second-order valence-electron chi connectivity index (χ2n) is 6.52. The third kappa shape index (κ3) is 4.72. The van der Waals surface area contributed by atoms with Gasteiger partial charge in [0.2, 0.25) is 0 Å². The maximum Gasteiger partial charge on any atom is 0.142 e. The van der Waals surface area contributed by atoms with Crippen LogP contribution in [-0.4, -0.2) is 30.3 Å². The molecule has 0 atom stereocenters. The Bertz CT molecular complexity index is 1080. The Morgan fingerprint density at radius 2 is 1.77 bits per heavy atom. The van der Waals surface area contributed by atoms with Gasteiger partial charge in [0.05, 0.1) is 17.9 Å². The van der Waals surface area contributed by atoms with Gasteiger partial charge in [0.15, 0.2) is 0 Å². The predicted octanol–water partition coefficient (Wildman–Crippen LogP) is 3.28. The summed E-state index contributed by atoms with van der Waals surface area (Å²) in [5, 5.41) is 19.5. The fourth-order valence-electron chi connectivity index (χ4n) is 3.13. The van der Waals surface area contributed by atoms with Crippen molar-refractivity contribution in [1.82, 2.24) is 9.97 Å². The number of aromatic nitrogens is 2. The largest absolute Gasteiger partial charge is 0.491 e. The van der Waals surface area contributed by atoms with E-state index in [4.69, 9.17) is 15.2 Å². The van der Waals surface area contributed by atoms with E-state index in [-0.39, 0.29) is 11.4 Å². The van der Waals surface area contributed by atoms with Crippen molar-refractivity contribution >= 4 is 5.82 Å². The Balaban J connectivity index is 1.97. The fourth-order valence-corrected chi connectivity index (χ4v) is 3.13. The number of anilines is 1. The van der Waals surface area contributed by atoms with Crippen LogP contribution in [0.1, 0.15) is 22.4 Å². The number of nitrogen functional groups attached to an aromatic ring is 1. The van der Waals surface area contributed by atoms with E-state index in [1.165, 1.54) is 0 Å². The van der Waals surface area contributed by atoms with Crippen molar-refractivity contribution in [1.29, 1.82) is 10.5 Å². The maximum atomic E-state index is 9.88. The van der Waals surface area contributed by atoms with Crippen molar-refractivity contribution in [3.63, 3.8) is 0 Å². The van der Waals surface area contributed by atoms with Crippen LogP contribution in [0, 0.1) is 22.7 Å². The summed E-state index contributed by atoms with van der Waals surface area (Å²) in [6, 6.07) is 15.4. The Morgan fingerprint density at radius 3 is 2.40 bits per heavy atom. The Morgan fingerprint density at radius 1 is 1.00 bits per heavy atom. The molecule has 0 unspecified atom stereocenters. The third-order valence-electron chi connectivity index (χ3n) is 4.60. The van der Waals surface area contributed by atoms with Crippen LogP contribution in [0.15, 0.2) is 48.8 Å². The number of methoxy groups -OCH3 is 1. The smallest absolute Gasteiger partial charge is 0.142 e. The zero-order valence-electron chi connectivity index (χ0n) is 16.6. The number of nitriles is 2. The summed E-state index contributed by atoms with van der Waals surface area (Å²) in [5.41, 5.74) is 9.44. The predicted molar refractivity (Wildman–Crippen MR) is 113 cm³/mol. The zero-order valence-corrected chi connectivity index (χ0v) is 16.6. The van der Waals surface area contributed by atoms with Crippen LogP contribution in [-0.2, 0) is 17.6 Å². The van der Waals surface area contributed by atoms with E-state index in [0.717, 1.165) is 5.56 Å². The number of aryl methyl sites for hydroxylation is 2. The zero-order chi connectivity index (χ0) is 21.3. The Hall–Kier alpha value is -3.94. The molecule has 150 valence electrons. The van der Waals surface area contributed by atoms with Crippen LogP contribution in [0.5, 0.6) is 5.75 Å². The molecule has 0 radical (unpaired) electrons. The average Bonchev–Trinajstić information content (AvgIpc) is 2.78. The standard InChI is InChI=1S/C23H21N5O2/c1-29-11-12-30-18-7-5-17(6-8-18)22-19(13-24)21(28-23(26)20(22)14-25)9-4-16-3-2-10-27-15-16/h2-3,5-8,10,15H,4,9,11-12H2,1H3,(H2,26,28). The lowest BCUT2D eigenvalue weighted by Gasteiger charge is -2.14. The van der Waals surface area contributed by atoms with Crippen molar-refractivity contribution in [3.05, 3.63) is 71.2 Å². The van der Waals surface area contributed by atoms with Gasteiger partial charge in [0.1, 0.15) is 35.9 Å². The van der Waals surface area contributed by atoms with Crippen LogP contribution >= 0.6 is 0 Å². The molecule has 0 aliphatic rings. The van der Waals surface area contributed by atoms with E-state index in [1.54, 1.807) is 31.6 Å². The first kappa shape index (κ1) is 20.8. The molecular formula is C23H21N5O2. The lowest BCUT2D eigenvalue weighted by molar-refractivity contribution is 0.146. The number of pyridine rings is 2. The first-order valence-electron chi connectivity index (χ1n) is 9.41. The minimum Gasteiger partial charge on any atom is -0.491 e. The molecule has 0 bridgehead atoms. The number of ether oxygens (including phenoxy) is 2. The molecule has 7 nitrogen and oxygen atoms in total. The van der Waals surface area contributed by atoms with Gasteiger partial charge in [-0.3, -0.25) is 4.98 Å². The van der Waals surface area contributed by atoms with Crippen LogP contribution in [0.3, 0.4) is 0 Å². The molecular weight excluding hydrogens is 378 g/mol. The van der Waals surface area contributed by atoms with Gasteiger partial charge in [-0.25, -0.2) is 4.98 Å². The lowest BCUT2D eigenvalue weighted by atomic mass is 9.93. The monoisotopic (exact) mass is 399 g/mol. The van der Waals surface area contributed by atoms with Crippen molar-refractivity contribution in [2.45, 2.75) is 12.8 Å². The number of hydrogen-bond donors (Lipinski definition) is 1. The highest BCUT2D eigenvalue weighted by Crippen LogP contribution is 2.33.